The normalized spacial score (nSPS) is 18.4. The van der Waals surface area contributed by atoms with E-state index in [1.165, 1.54) is 0 Å². The molecule has 0 saturated heterocycles. The summed E-state index contributed by atoms with van der Waals surface area (Å²) < 4.78 is 0. The molecule has 1 aromatic heterocycles. The van der Waals surface area contributed by atoms with Crippen molar-refractivity contribution in [3.8, 4) is 0 Å². The van der Waals surface area contributed by atoms with Crippen LogP contribution in [-0.2, 0) is 4.79 Å². The van der Waals surface area contributed by atoms with Crippen molar-refractivity contribution in [1.29, 1.82) is 0 Å². The Bertz CT molecular complexity index is 1160. The van der Waals surface area contributed by atoms with E-state index in [4.69, 9.17) is 0 Å². The number of anilines is 2. The fraction of sp³-hybridized carbons (Fsp3) is 0.357. The van der Waals surface area contributed by atoms with Crippen molar-refractivity contribution in [1.82, 2.24) is 15.3 Å². The lowest BCUT2D eigenvalue weighted by Crippen LogP contribution is -2.41. The van der Waals surface area contributed by atoms with Gasteiger partial charge in [0.2, 0.25) is 11.9 Å². The number of carbonyl (C=O) groups excluding carboxylic acids is 2. The molecular weight excluding hydrogens is 438 g/mol. The molecule has 0 bridgehead atoms. The molecule has 35 heavy (non-hydrogen) atoms. The second-order valence-electron chi connectivity index (χ2n) is 9.38. The number of hydrogen-bond acceptors (Lipinski definition) is 6. The first kappa shape index (κ1) is 24.4. The van der Waals surface area contributed by atoms with Gasteiger partial charge in [0.1, 0.15) is 5.82 Å². The van der Waals surface area contributed by atoms with Crippen LogP contribution in [-0.4, -0.2) is 47.8 Å². The quantitative estimate of drug-likeness (QED) is 0.473. The first-order valence-corrected chi connectivity index (χ1v) is 12.2. The van der Waals surface area contributed by atoms with Crippen molar-refractivity contribution in [2.75, 3.05) is 24.3 Å². The molecule has 0 spiro atoms. The van der Waals surface area contributed by atoms with Crippen molar-refractivity contribution in [2.24, 2.45) is 0 Å². The number of ketones is 1. The molecule has 7 nitrogen and oxygen atoms in total. The zero-order chi connectivity index (χ0) is 24.8. The van der Waals surface area contributed by atoms with Crippen molar-refractivity contribution in [2.45, 2.75) is 50.6 Å². The SMILES string of the molecule is C[C@H](C(=O)N[C@H]1CC[C@@H](Nc2nccc(N(C)C)n2)CC1)c1cccc(C(=O)c2ccccc2)c1. The van der Waals surface area contributed by atoms with Gasteiger partial charge in [-0.15, -0.1) is 0 Å². The van der Waals surface area contributed by atoms with Crippen molar-refractivity contribution in [3.63, 3.8) is 0 Å². The van der Waals surface area contributed by atoms with E-state index in [9.17, 15) is 9.59 Å². The smallest absolute Gasteiger partial charge is 0.227 e. The number of benzene rings is 2. The molecule has 7 heteroatoms. The second kappa shape index (κ2) is 11.1. The topological polar surface area (TPSA) is 87.2 Å². The molecule has 1 aliphatic rings. The zero-order valence-electron chi connectivity index (χ0n) is 20.6. The van der Waals surface area contributed by atoms with Gasteiger partial charge in [-0.25, -0.2) is 4.98 Å². The maximum absolute atomic E-state index is 13.0. The highest BCUT2D eigenvalue weighted by atomic mass is 16.2. The summed E-state index contributed by atoms with van der Waals surface area (Å²) >= 11 is 0. The molecule has 182 valence electrons. The molecule has 2 aromatic carbocycles. The molecule has 0 unspecified atom stereocenters. The summed E-state index contributed by atoms with van der Waals surface area (Å²) in [5, 5.41) is 6.65. The Labute approximate surface area is 207 Å². The number of hydrogen-bond donors (Lipinski definition) is 2. The fourth-order valence-electron chi connectivity index (χ4n) is 4.42. The third kappa shape index (κ3) is 6.23. The van der Waals surface area contributed by atoms with Crippen LogP contribution in [0.25, 0.3) is 0 Å². The highest BCUT2D eigenvalue weighted by molar-refractivity contribution is 6.09. The molecule has 1 atom stereocenters. The third-order valence-corrected chi connectivity index (χ3v) is 6.58. The third-order valence-electron chi connectivity index (χ3n) is 6.58. The van der Waals surface area contributed by atoms with Crippen LogP contribution in [0.1, 0.15) is 60.0 Å². The molecule has 1 amide bonds. The number of aromatic nitrogens is 2. The molecule has 3 aromatic rings. The molecular formula is C28H33N5O2. The molecule has 0 radical (unpaired) electrons. The number of nitrogens with zero attached hydrogens (tertiary/aromatic N) is 3. The van der Waals surface area contributed by atoms with Crippen LogP contribution in [0.5, 0.6) is 0 Å². The summed E-state index contributed by atoms with van der Waals surface area (Å²) in [5.41, 5.74) is 2.09. The molecule has 1 heterocycles. The lowest BCUT2D eigenvalue weighted by atomic mass is 9.90. The zero-order valence-corrected chi connectivity index (χ0v) is 20.6. The Morgan fingerprint density at radius 2 is 1.60 bits per heavy atom. The van der Waals surface area contributed by atoms with Gasteiger partial charge >= 0.3 is 0 Å². The monoisotopic (exact) mass is 471 g/mol. The van der Waals surface area contributed by atoms with Gasteiger partial charge in [-0.3, -0.25) is 9.59 Å². The maximum atomic E-state index is 13.0. The van der Waals surface area contributed by atoms with Gasteiger partial charge < -0.3 is 15.5 Å². The van der Waals surface area contributed by atoms with E-state index in [2.05, 4.69) is 20.6 Å². The largest absolute Gasteiger partial charge is 0.363 e. The van der Waals surface area contributed by atoms with Crippen LogP contribution >= 0.6 is 0 Å². The van der Waals surface area contributed by atoms with Gasteiger partial charge in [0.15, 0.2) is 5.78 Å². The van der Waals surface area contributed by atoms with Crippen molar-refractivity contribution < 1.29 is 9.59 Å². The summed E-state index contributed by atoms with van der Waals surface area (Å²) in [5.74, 6) is 1.13. The van der Waals surface area contributed by atoms with E-state index in [-0.39, 0.29) is 23.7 Å². The lowest BCUT2D eigenvalue weighted by molar-refractivity contribution is -0.123. The van der Waals surface area contributed by atoms with E-state index in [0.717, 1.165) is 37.1 Å². The van der Waals surface area contributed by atoms with E-state index in [0.29, 0.717) is 23.1 Å². The minimum atomic E-state index is -0.337. The van der Waals surface area contributed by atoms with Crippen LogP contribution < -0.4 is 15.5 Å². The molecule has 1 fully saturated rings. The van der Waals surface area contributed by atoms with E-state index in [1.807, 2.05) is 68.4 Å². The lowest BCUT2D eigenvalue weighted by Gasteiger charge is -2.30. The van der Waals surface area contributed by atoms with Crippen LogP contribution in [0, 0.1) is 0 Å². The molecule has 2 N–H and O–H groups in total. The molecule has 1 saturated carbocycles. The van der Waals surface area contributed by atoms with Gasteiger partial charge in [-0.2, -0.15) is 4.98 Å². The fourth-order valence-corrected chi connectivity index (χ4v) is 4.42. The summed E-state index contributed by atoms with van der Waals surface area (Å²) in [7, 11) is 3.91. The first-order valence-electron chi connectivity index (χ1n) is 12.2. The Balaban J connectivity index is 1.30. The summed E-state index contributed by atoms with van der Waals surface area (Å²) in [6.45, 7) is 1.89. The van der Waals surface area contributed by atoms with Crippen LogP contribution in [0.15, 0.2) is 66.9 Å². The van der Waals surface area contributed by atoms with Gasteiger partial charge in [-0.1, -0.05) is 48.5 Å². The van der Waals surface area contributed by atoms with Gasteiger partial charge in [0, 0.05) is 43.5 Å². The Morgan fingerprint density at radius 3 is 2.31 bits per heavy atom. The molecule has 0 aliphatic heterocycles. The number of carbonyl (C=O) groups is 2. The van der Waals surface area contributed by atoms with E-state index >= 15 is 0 Å². The Morgan fingerprint density at radius 1 is 0.914 bits per heavy atom. The van der Waals surface area contributed by atoms with Crippen LogP contribution in [0.3, 0.4) is 0 Å². The summed E-state index contributed by atoms with van der Waals surface area (Å²) in [4.78, 5) is 36.6. The van der Waals surface area contributed by atoms with Crippen molar-refractivity contribution in [3.05, 3.63) is 83.6 Å². The maximum Gasteiger partial charge on any atom is 0.227 e. The van der Waals surface area contributed by atoms with Crippen LogP contribution in [0.4, 0.5) is 11.8 Å². The Kier molecular flexibility index (Phi) is 7.75. The average Bonchev–Trinajstić information content (AvgIpc) is 2.89. The number of amides is 1. The minimum Gasteiger partial charge on any atom is -0.363 e. The Hall–Kier alpha value is -3.74. The van der Waals surface area contributed by atoms with Crippen molar-refractivity contribution >= 4 is 23.5 Å². The first-order chi connectivity index (χ1) is 16.9. The predicted octanol–water partition coefficient (Wildman–Crippen LogP) is 4.42. The second-order valence-corrected chi connectivity index (χ2v) is 9.38. The highest BCUT2D eigenvalue weighted by Gasteiger charge is 2.25. The van der Waals surface area contributed by atoms with Gasteiger partial charge in [-0.05, 0) is 50.3 Å². The number of rotatable bonds is 8. The number of nitrogens with one attached hydrogen (secondary N) is 2. The summed E-state index contributed by atoms with van der Waals surface area (Å²) in [6, 6.07) is 18.9. The molecule has 1 aliphatic carbocycles. The standard InChI is InChI=1S/C28H33N5O2/c1-19(21-10-7-11-22(18-21)26(34)20-8-5-4-6-9-20)27(35)30-23-12-14-24(15-13-23)31-28-29-17-16-25(32-28)33(2)3/h4-11,16-19,23-24H,12-15H2,1-3H3,(H,30,35)(H,29,31,32)/t19-,23-,24+/m0/s1. The highest BCUT2D eigenvalue weighted by Crippen LogP contribution is 2.24. The van der Waals surface area contributed by atoms with E-state index < -0.39 is 0 Å². The average molecular weight is 472 g/mol. The predicted molar refractivity (Wildman–Crippen MR) is 139 cm³/mol. The minimum absolute atomic E-state index is 0.00673. The van der Waals surface area contributed by atoms with Gasteiger partial charge in [0.25, 0.3) is 0 Å². The van der Waals surface area contributed by atoms with Gasteiger partial charge in [0.05, 0.1) is 5.92 Å². The summed E-state index contributed by atoms with van der Waals surface area (Å²) in [6.07, 6.45) is 5.44. The van der Waals surface area contributed by atoms with E-state index in [1.54, 1.807) is 24.4 Å². The molecule has 4 rings (SSSR count). The van der Waals surface area contributed by atoms with Crippen LogP contribution in [0.2, 0.25) is 0 Å².